The number of rotatable bonds is 4. The molecule has 16 heavy (non-hydrogen) atoms. The smallest absolute Gasteiger partial charge is 0.125 e. The predicted octanol–water partition coefficient (Wildman–Crippen LogP) is 3.89. The van der Waals surface area contributed by atoms with Gasteiger partial charge in [-0.2, -0.15) is 0 Å². The fraction of sp³-hybridized carbons (Fsp3) is 0.538. The molecule has 0 aliphatic carbocycles. The Bertz CT molecular complexity index is 350. The minimum atomic E-state index is -0.0116. The normalized spacial score (nSPS) is 14.9. The monoisotopic (exact) mass is 285 g/mol. The van der Waals surface area contributed by atoms with Gasteiger partial charge in [-0.1, -0.05) is 35.8 Å². The lowest BCUT2D eigenvalue weighted by Crippen LogP contribution is -2.20. The highest BCUT2D eigenvalue weighted by Crippen LogP contribution is 2.29. The Hall–Kier alpha value is -0.540. The first-order chi connectivity index (χ1) is 7.41. The summed E-state index contributed by atoms with van der Waals surface area (Å²) in [5, 5.41) is 0. The molecule has 2 atom stereocenters. The van der Waals surface area contributed by atoms with E-state index in [0.29, 0.717) is 5.92 Å². The van der Waals surface area contributed by atoms with E-state index in [2.05, 4.69) is 36.7 Å². The Balaban J connectivity index is 2.96. The van der Waals surface area contributed by atoms with Crippen molar-refractivity contribution >= 4 is 15.9 Å². The molecule has 3 heteroatoms. The van der Waals surface area contributed by atoms with Crippen molar-refractivity contribution in [3.8, 4) is 5.75 Å². The summed E-state index contributed by atoms with van der Waals surface area (Å²) < 4.78 is 6.96. The molecule has 2 nitrogen and oxygen atoms in total. The number of halogens is 1. The van der Waals surface area contributed by atoms with Gasteiger partial charge in [-0.3, -0.25) is 0 Å². The van der Waals surface area contributed by atoms with Crippen molar-refractivity contribution in [3.05, 3.63) is 28.2 Å². The summed E-state index contributed by atoms with van der Waals surface area (Å²) in [7, 11) is 0. The Kier molecular flexibility index (Phi) is 4.81. The Morgan fingerprint density at radius 1 is 1.19 bits per heavy atom. The van der Waals surface area contributed by atoms with E-state index in [1.165, 1.54) is 0 Å². The van der Waals surface area contributed by atoms with Crippen LogP contribution in [0.25, 0.3) is 0 Å². The van der Waals surface area contributed by atoms with Gasteiger partial charge in [-0.05, 0) is 31.9 Å². The number of benzene rings is 1. The minimum absolute atomic E-state index is 0.0116. The molecule has 0 heterocycles. The second-order valence-electron chi connectivity index (χ2n) is 4.54. The fourth-order valence-corrected chi connectivity index (χ4v) is 1.66. The highest BCUT2D eigenvalue weighted by atomic mass is 79.9. The molecule has 0 saturated carbocycles. The number of ether oxygens (including phenoxy) is 1. The van der Waals surface area contributed by atoms with Crippen LogP contribution in [0.2, 0.25) is 0 Å². The van der Waals surface area contributed by atoms with Crippen molar-refractivity contribution in [2.24, 2.45) is 11.7 Å². The van der Waals surface area contributed by atoms with E-state index < -0.39 is 0 Å². The van der Waals surface area contributed by atoms with Gasteiger partial charge in [0.15, 0.2) is 0 Å². The van der Waals surface area contributed by atoms with E-state index in [-0.39, 0.29) is 12.1 Å². The van der Waals surface area contributed by atoms with Crippen LogP contribution in [-0.2, 0) is 0 Å². The SMILES string of the molecule is CC(N)c1ccc(Br)cc1OC(C)C(C)C. The van der Waals surface area contributed by atoms with E-state index in [9.17, 15) is 0 Å². The van der Waals surface area contributed by atoms with Crippen molar-refractivity contribution in [1.82, 2.24) is 0 Å². The molecule has 0 aliphatic rings. The zero-order valence-electron chi connectivity index (χ0n) is 10.3. The zero-order valence-corrected chi connectivity index (χ0v) is 11.9. The zero-order chi connectivity index (χ0) is 12.3. The lowest BCUT2D eigenvalue weighted by molar-refractivity contribution is 0.168. The Morgan fingerprint density at radius 3 is 2.31 bits per heavy atom. The van der Waals surface area contributed by atoms with Crippen LogP contribution in [0.1, 0.15) is 39.3 Å². The molecule has 90 valence electrons. The lowest BCUT2D eigenvalue weighted by atomic mass is 10.1. The number of nitrogens with two attached hydrogens (primary N) is 1. The highest BCUT2D eigenvalue weighted by molar-refractivity contribution is 9.10. The molecule has 2 unspecified atom stereocenters. The van der Waals surface area contributed by atoms with Crippen LogP contribution >= 0.6 is 15.9 Å². The molecule has 0 radical (unpaired) electrons. The Labute approximate surface area is 106 Å². The van der Waals surface area contributed by atoms with Gasteiger partial charge in [-0.15, -0.1) is 0 Å². The summed E-state index contributed by atoms with van der Waals surface area (Å²) >= 11 is 3.45. The fourth-order valence-electron chi connectivity index (χ4n) is 1.32. The highest BCUT2D eigenvalue weighted by Gasteiger charge is 2.14. The molecule has 1 aromatic rings. The van der Waals surface area contributed by atoms with E-state index in [1.54, 1.807) is 0 Å². The van der Waals surface area contributed by atoms with Crippen molar-refractivity contribution < 1.29 is 4.74 Å². The average Bonchev–Trinajstić information content (AvgIpc) is 2.16. The second-order valence-corrected chi connectivity index (χ2v) is 5.45. The first kappa shape index (κ1) is 13.5. The third kappa shape index (κ3) is 3.49. The van der Waals surface area contributed by atoms with Crippen LogP contribution in [0, 0.1) is 5.92 Å². The predicted molar refractivity (Wildman–Crippen MR) is 71.7 cm³/mol. The molecular formula is C13H20BrNO. The van der Waals surface area contributed by atoms with Gasteiger partial charge in [0.05, 0.1) is 6.10 Å². The lowest BCUT2D eigenvalue weighted by Gasteiger charge is -2.21. The first-order valence-electron chi connectivity index (χ1n) is 5.63. The third-order valence-electron chi connectivity index (χ3n) is 2.72. The molecule has 0 fully saturated rings. The molecule has 0 amide bonds. The van der Waals surface area contributed by atoms with Crippen LogP contribution in [0.3, 0.4) is 0 Å². The van der Waals surface area contributed by atoms with Gasteiger partial charge < -0.3 is 10.5 Å². The van der Waals surface area contributed by atoms with Gasteiger partial charge in [0, 0.05) is 16.1 Å². The molecule has 1 aromatic carbocycles. The van der Waals surface area contributed by atoms with Crippen LogP contribution in [-0.4, -0.2) is 6.10 Å². The molecule has 0 spiro atoms. The average molecular weight is 286 g/mol. The summed E-state index contributed by atoms with van der Waals surface area (Å²) in [6.07, 6.45) is 0.187. The number of hydrogen-bond acceptors (Lipinski definition) is 2. The quantitative estimate of drug-likeness (QED) is 0.911. The van der Waals surface area contributed by atoms with Crippen molar-refractivity contribution in [1.29, 1.82) is 0 Å². The van der Waals surface area contributed by atoms with Crippen LogP contribution in [0.4, 0.5) is 0 Å². The summed E-state index contributed by atoms with van der Waals surface area (Å²) in [5.74, 6) is 1.37. The van der Waals surface area contributed by atoms with Gasteiger partial charge in [0.25, 0.3) is 0 Å². The number of hydrogen-bond donors (Lipinski definition) is 1. The summed E-state index contributed by atoms with van der Waals surface area (Å²) in [4.78, 5) is 0. The van der Waals surface area contributed by atoms with Gasteiger partial charge >= 0.3 is 0 Å². The standard InChI is InChI=1S/C13H20BrNO/c1-8(2)10(4)16-13-7-11(14)5-6-12(13)9(3)15/h5-10H,15H2,1-4H3. The van der Waals surface area contributed by atoms with E-state index in [4.69, 9.17) is 10.5 Å². The van der Waals surface area contributed by atoms with Crippen LogP contribution < -0.4 is 10.5 Å². The molecule has 0 saturated heterocycles. The summed E-state index contributed by atoms with van der Waals surface area (Å²) in [6.45, 7) is 8.34. The molecule has 1 rings (SSSR count). The van der Waals surface area contributed by atoms with Crippen molar-refractivity contribution in [3.63, 3.8) is 0 Å². The maximum Gasteiger partial charge on any atom is 0.125 e. The maximum absolute atomic E-state index is 5.94. The molecule has 0 aliphatic heterocycles. The van der Waals surface area contributed by atoms with Gasteiger partial charge in [-0.25, -0.2) is 0 Å². The van der Waals surface area contributed by atoms with Crippen molar-refractivity contribution in [2.75, 3.05) is 0 Å². The van der Waals surface area contributed by atoms with Gasteiger partial charge in [0.2, 0.25) is 0 Å². The summed E-state index contributed by atoms with van der Waals surface area (Å²) in [5.41, 5.74) is 6.97. The van der Waals surface area contributed by atoms with Gasteiger partial charge in [0.1, 0.15) is 5.75 Å². The van der Waals surface area contributed by atoms with E-state index in [0.717, 1.165) is 15.8 Å². The largest absolute Gasteiger partial charge is 0.490 e. The van der Waals surface area contributed by atoms with E-state index >= 15 is 0 Å². The van der Waals surface area contributed by atoms with Crippen LogP contribution in [0.15, 0.2) is 22.7 Å². The molecule has 0 bridgehead atoms. The van der Waals surface area contributed by atoms with E-state index in [1.807, 2.05) is 25.1 Å². The third-order valence-corrected chi connectivity index (χ3v) is 3.21. The molecule has 2 N–H and O–H groups in total. The maximum atomic E-state index is 5.94. The second kappa shape index (κ2) is 5.69. The summed E-state index contributed by atoms with van der Waals surface area (Å²) in [6, 6.07) is 5.97. The first-order valence-corrected chi connectivity index (χ1v) is 6.42. The topological polar surface area (TPSA) is 35.2 Å². The minimum Gasteiger partial charge on any atom is -0.490 e. The molecule has 0 aromatic heterocycles. The van der Waals surface area contributed by atoms with Crippen LogP contribution in [0.5, 0.6) is 5.75 Å². The van der Waals surface area contributed by atoms with Crippen molar-refractivity contribution in [2.45, 2.75) is 39.8 Å². The Morgan fingerprint density at radius 2 is 1.81 bits per heavy atom. The molecular weight excluding hydrogens is 266 g/mol.